The first kappa shape index (κ1) is 12.9. The molecule has 0 saturated carbocycles. The van der Waals surface area contributed by atoms with Crippen LogP contribution in [0.25, 0.3) is 11.1 Å². The number of benzene rings is 2. The lowest BCUT2D eigenvalue weighted by Gasteiger charge is -2.14. The predicted molar refractivity (Wildman–Crippen MR) is 86.7 cm³/mol. The first-order valence-corrected chi connectivity index (χ1v) is 7.90. The Labute approximate surface area is 126 Å². The number of anilines is 1. The van der Waals surface area contributed by atoms with E-state index in [2.05, 4.69) is 54.7 Å². The van der Waals surface area contributed by atoms with Crippen molar-refractivity contribution in [2.45, 2.75) is 38.4 Å². The average Bonchev–Trinajstić information content (AvgIpc) is 3.07. The van der Waals surface area contributed by atoms with Crippen molar-refractivity contribution in [2.75, 3.05) is 11.9 Å². The molecule has 2 heteroatoms. The highest BCUT2D eigenvalue weighted by Crippen LogP contribution is 2.37. The first-order valence-electron chi connectivity index (χ1n) is 7.90. The second-order valence-corrected chi connectivity index (χ2v) is 6.23. The molecule has 108 valence electrons. The van der Waals surface area contributed by atoms with Crippen molar-refractivity contribution in [2.24, 2.45) is 0 Å². The molecule has 21 heavy (non-hydrogen) atoms. The van der Waals surface area contributed by atoms with E-state index in [1.807, 2.05) is 0 Å². The number of rotatable bonds is 3. The molecule has 0 bridgehead atoms. The van der Waals surface area contributed by atoms with Gasteiger partial charge >= 0.3 is 0 Å². The van der Waals surface area contributed by atoms with Crippen molar-refractivity contribution in [3.8, 4) is 11.1 Å². The summed E-state index contributed by atoms with van der Waals surface area (Å²) in [5, 5.41) is 3.54. The fourth-order valence-corrected chi connectivity index (χ4v) is 3.52. The molecule has 0 spiro atoms. The third-order valence-electron chi connectivity index (χ3n) is 4.65. The Kier molecular flexibility index (Phi) is 3.19. The normalized spacial score (nSPS) is 22.9. The lowest BCUT2D eigenvalue weighted by Crippen LogP contribution is -2.19. The van der Waals surface area contributed by atoms with Gasteiger partial charge in [-0.15, -0.1) is 0 Å². The zero-order valence-electron chi connectivity index (χ0n) is 12.4. The lowest BCUT2D eigenvalue weighted by molar-refractivity contribution is 0.0637. The predicted octanol–water partition coefficient (Wildman–Crippen LogP) is 4.24. The maximum absolute atomic E-state index is 5.86. The van der Waals surface area contributed by atoms with Gasteiger partial charge in [-0.25, -0.2) is 0 Å². The molecular formula is C19H21NO. The van der Waals surface area contributed by atoms with Crippen molar-refractivity contribution in [3.05, 3.63) is 53.6 Å². The van der Waals surface area contributed by atoms with Crippen molar-refractivity contribution in [1.29, 1.82) is 0 Å². The molecule has 2 aromatic carbocycles. The number of ether oxygens (including phenoxy) is 1. The molecular weight excluding hydrogens is 258 g/mol. The molecule has 2 aliphatic rings. The Hall–Kier alpha value is -1.80. The molecule has 1 heterocycles. The van der Waals surface area contributed by atoms with Gasteiger partial charge in [0.1, 0.15) is 0 Å². The molecule has 0 aromatic heterocycles. The third kappa shape index (κ3) is 2.44. The molecule has 2 atom stereocenters. The largest absolute Gasteiger partial charge is 0.382 e. The van der Waals surface area contributed by atoms with Crippen LogP contribution in [-0.2, 0) is 11.2 Å². The molecule has 2 unspecified atom stereocenters. The standard InChI is InChI=1S/C19H21NO/c1-13-6-8-17(21-13)12-20-16-7-9-19-15(11-16)10-14-4-2-3-5-18(14)19/h2-5,7,9,11,13,17,20H,6,8,10,12H2,1H3. The summed E-state index contributed by atoms with van der Waals surface area (Å²) in [6.07, 6.45) is 4.20. The highest BCUT2D eigenvalue weighted by Gasteiger charge is 2.22. The van der Waals surface area contributed by atoms with Crippen LogP contribution in [0.4, 0.5) is 5.69 Å². The summed E-state index contributed by atoms with van der Waals surface area (Å²) in [5.74, 6) is 0. The maximum Gasteiger partial charge on any atom is 0.0751 e. The second kappa shape index (κ2) is 5.19. The van der Waals surface area contributed by atoms with Gasteiger partial charge in [0.05, 0.1) is 12.2 Å². The molecule has 0 amide bonds. The lowest BCUT2D eigenvalue weighted by atomic mass is 10.1. The van der Waals surface area contributed by atoms with Crippen molar-refractivity contribution in [3.63, 3.8) is 0 Å². The first-order chi connectivity index (χ1) is 10.3. The second-order valence-electron chi connectivity index (χ2n) is 6.23. The van der Waals surface area contributed by atoms with Gasteiger partial charge < -0.3 is 10.1 Å². The Bertz CT molecular complexity index is 664. The molecule has 0 radical (unpaired) electrons. The quantitative estimate of drug-likeness (QED) is 0.774. The van der Waals surface area contributed by atoms with Crippen LogP contribution < -0.4 is 5.32 Å². The van der Waals surface area contributed by atoms with Crippen LogP contribution in [0.1, 0.15) is 30.9 Å². The minimum Gasteiger partial charge on any atom is -0.382 e. The summed E-state index contributed by atoms with van der Waals surface area (Å²) in [6.45, 7) is 3.07. The van der Waals surface area contributed by atoms with E-state index in [-0.39, 0.29) is 0 Å². The molecule has 1 aliphatic carbocycles. The van der Waals surface area contributed by atoms with Gasteiger partial charge in [-0.2, -0.15) is 0 Å². The minimum absolute atomic E-state index is 0.366. The minimum atomic E-state index is 0.366. The molecule has 4 rings (SSSR count). The molecule has 2 nitrogen and oxygen atoms in total. The van der Waals surface area contributed by atoms with Crippen LogP contribution in [0.2, 0.25) is 0 Å². The van der Waals surface area contributed by atoms with Crippen LogP contribution in [-0.4, -0.2) is 18.8 Å². The summed E-state index contributed by atoms with van der Waals surface area (Å²) in [6, 6.07) is 15.5. The Morgan fingerprint density at radius 3 is 2.76 bits per heavy atom. The topological polar surface area (TPSA) is 21.3 Å². The number of nitrogens with one attached hydrogen (secondary N) is 1. The summed E-state index contributed by atoms with van der Waals surface area (Å²) in [5.41, 5.74) is 6.87. The monoisotopic (exact) mass is 279 g/mol. The van der Waals surface area contributed by atoms with E-state index in [9.17, 15) is 0 Å². The Morgan fingerprint density at radius 1 is 1.05 bits per heavy atom. The molecule has 1 N–H and O–H groups in total. The van der Waals surface area contributed by atoms with E-state index in [0.717, 1.165) is 13.0 Å². The van der Waals surface area contributed by atoms with Crippen LogP contribution >= 0.6 is 0 Å². The highest BCUT2D eigenvalue weighted by molar-refractivity contribution is 5.78. The van der Waals surface area contributed by atoms with Crippen molar-refractivity contribution >= 4 is 5.69 Å². The van der Waals surface area contributed by atoms with Crippen LogP contribution in [0.5, 0.6) is 0 Å². The van der Waals surface area contributed by atoms with Crippen molar-refractivity contribution in [1.82, 2.24) is 0 Å². The van der Waals surface area contributed by atoms with Gasteiger partial charge in [-0.05, 0) is 60.6 Å². The van der Waals surface area contributed by atoms with Gasteiger partial charge in [0.2, 0.25) is 0 Å². The molecule has 1 fully saturated rings. The molecule has 1 saturated heterocycles. The number of hydrogen-bond acceptors (Lipinski definition) is 2. The molecule has 1 aliphatic heterocycles. The fraction of sp³-hybridized carbons (Fsp3) is 0.368. The van der Waals surface area contributed by atoms with E-state index in [0.29, 0.717) is 12.2 Å². The smallest absolute Gasteiger partial charge is 0.0751 e. The Morgan fingerprint density at radius 2 is 1.90 bits per heavy atom. The summed E-state index contributed by atoms with van der Waals surface area (Å²) in [7, 11) is 0. The Balaban J connectivity index is 1.48. The summed E-state index contributed by atoms with van der Waals surface area (Å²) in [4.78, 5) is 0. The zero-order valence-corrected chi connectivity index (χ0v) is 12.4. The van der Waals surface area contributed by atoms with E-state index in [1.54, 1.807) is 0 Å². The summed E-state index contributed by atoms with van der Waals surface area (Å²) < 4.78 is 5.86. The highest BCUT2D eigenvalue weighted by atomic mass is 16.5. The van der Waals surface area contributed by atoms with E-state index < -0.39 is 0 Å². The SMILES string of the molecule is CC1CCC(CNc2ccc3c(c2)Cc2ccccc2-3)O1. The van der Waals surface area contributed by atoms with Gasteiger partial charge in [0.25, 0.3) is 0 Å². The van der Waals surface area contributed by atoms with Gasteiger partial charge in [-0.3, -0.25) is 0 Å². The number of fused-ring (bicyclic) bond motifs is 3. The van der Waals surface area contributed by atoms with E-state index in [4.69, 9.17) is 4.74 Å². The third-order valence-corrected chi connectivity index (χ3v) is 4.65. The van der Waals surface area contributed by atoms with E-state index >= 15 is 0 Å². The maximum atomic E-state index is 5.86. The van der Waals surface area contributed by atoms with E-state index in [1.165, 1.54) is 40.8 Å². The van der Waals surface area contributed by atoms with Crippen LogP contribution in [0, 0.1) is 0 Å². The number of hydrogen-bond donors (Lipinski definition) is 1. The fourth-order valence-electron chi connectivity index (χ4n) is 3.52. The zero-order chi connectivity index (χ0) is 14.2. The molecule has 2 aromatic rings. The van der Waals surface area contributed by atoms with Gasteiger partial charge in [-0.1, -0.05) is 30.3 Å². The van der Waals surface area contributed by atoms with Crippen molar-refractivity contribution < 1.29 is 4.74 Å². The van der Waals surface area contributed by atoms with Crippen LogP contribution in [0.3, 0.4) is 0 Å². The van der Waals surface area contributed by atoms with Gasteiger partial charge in [0.15, 0.2) is 0 Å². The average molecular weight is 279 g/mol. The summed E-state index contributed by atoms with van der Waals surface area (Å²) >= 11 is 0. The van der Waals surface area contributed by atoms with Gasteiger partial charge in [0, 0.05) is 12.2 Å². The van der Waals surface area contributed by atoms with Crippen LogP contribution in [0.15, 0.2) is 42.5 Å².